The molecule has 0 radical (unpaired) electrons. The summed E-state index contributed by atoms with van der Waals surface area (Å²) in [6.07, 6.45) is 5.28. The lowest BCUT2D eigenvalue weighted by Crippen LogP contribution is -2.42. The number of rotatable bonds is 11. The van der Waals surface area contributed by atoms with Crippen molar-refractivity contribution in [1.82, 2.24) is 15.3 Å². The highest BCUT2D eigenvalue weighted by Crippen LogP contribution is 2.22. The molecule has 0 aliphatic heterocycles. The summed E-state index contributed by atoms with van der Waals surface area (Å²) >= 11 is 1.64. The van der Waals surface area contributed by atoms with Crippen LogP contribution < -0.4 is 22.1 Å². The number of anilines is 1. The summed E-state index contributed by atoms with van der Waals surface area (Å²) < 4.78 is 5.63. The van der Waals surface area contributed by atoms with Crippen LogP contribution in [0.1, 0.15) is 46.6 Å². The molecule has 0 saturated carbocycles. The molecule has 0 aliphatic rings. The molecule has 182 valence electrons. The minimum atomic E-state index is -0.680. The van der Waals surface area contributed by atoms with Gasteiger partial charge in [-0.1, -0.05) is 24.3 Å². The number of fused-ring (bicyclic) bond motifs is 1. The Morgan fingerprint density at radius 3 is 2.80 bits per heavy atom. The molecule has 1 aromatic carbocycles. The highest BCUT2D eigenvalue weighted by molar-refractivity contribution is 7.09. The molecule has 0 fully saturated rings. The molecule has 0 spiro atoms. The Kier molecular flexibility index (Phi) is 8.19. The fraction of sp³-hybridized carbons (Fsp3) is 0.280. The third kappa shape index (κ3) is 6.50. The van der Waals surface area contributed by atoms with Crippen LogP contribution in [-0.4, -0.2) is 34.4 Å². The second-order valence-corrected chi connectivity index (χ2v) is 9.19. The van der Waals surface area contributed by atoms with Gasteiger partial charge in [0.15, 0.2) is 5.69 Å². The van der Waals surface area contributed by atoms with Crippen LogP contribution in [0, 0.1) is 0 Å². The molecule has 2 atom stereocenters. The molecule has 9 nitrogen and oxygen atoms in total. The zero-order valence-corrected chi connectivity index (χ0v) is 20.0. The van der Waals surface area contributed by atoms with Gasteiger partial charge >= 0.3 is 0 Å². The number of nitrogens with zero attached hydrogens (tertiary/aromatic N) is 2. The average molecular weight is 493 g/mol. The predicted octanol–water partition coefficient (Wildman–Crippen LogP) is 3.39. The number of pyridine rings is 1. The first-order chi connectivity index (χ1) is 17.0. The Labute approximate surface area is 206 Å². The van der Waals surface area contributed by atoms with E-state index >= 15 is 0 Å². The maximum Gasteiger partial charge on any atom is 0.277 e. The molecule has 0 aliphatic carbocycles. The first-order valence-corrected chi connectivity index (χ1v) is 12.3. The molecule has 6 N–H and O–H groups in total. The second kappa shape index (κ2) is 11.7. The van der Waals surface area contributed by atoms with Crippen molar-refractivity contribution in [2.24, 2.45) is 11.5 Å². The van der Waals surface area contributed by atoms with E-state index in [9.17, 15) is 9.59 Å². The lowest BCUT2D eigenvalue weighted by atomic mass is 10.1. The van der Waals surface area contributed by atoms with Gasteiger partial charge in [-0.2, -0.15) is 0 Å². The van der Waals surface area contributed by atoms with Crippen molar-refractivity contribution in [2.75, 3.05) is 11.9 Å². The minimum absolute atomic E-state index is 0.107. The third-order valence-electron chi connectivity index (χ3n) is 5.53. The van der Waals surface area contributed by atoms with Crippen molar-refractivity contribution in [2.45, 2.75) is 37.8 Å². The van der Waals surface area contributed by atoms with Crippen molar-refractivity contribution in [3.63, 3.8) is 0 Å². The number of para-hydroxylation sites is 1. The largest absolute Gasteiger partial charge is 0.446 e. The molecule has 2 amide bonds. The van der Waals surface area contributed by atoms with Gasteiger partial charge in [-0.05, 0) is 55.8 Å². The van der Waals surface area contributed by atoms with Gasteiger partial charge in [0.1, 0.15) is 12.3 Å². The molecular weight excluding hydrogens is 464 g/mol. The van der Waals surface area contributed by atoms with Gasteiger partial charge in [-0.15, -0.1) is 11.3 Å². The Morgan fingerprint density at radius 2 is 2.00 bits per heavy atom. The molecule has 35 heavy (non-hydrogen) atoms. The predicted molar refractivity (Wildman–Crippen MR) is 136 cm³/mol. The summed E-state index contributed by atoms with van der Waals surface area (Å²) in [4.78, 5) is 35.4. The number of amides is 2. The molecule has 3 aromatic heterocycles. The lowest BCUT2D eigenvalue weighted by Gasteiger charge is -2.18. The summed E-state index contributed by atoms with van der Waals surface area (Å²) in [6, 6.07) is 12.3. The zero-order valence-electron chi connectivity index (χ0n) is 19.1. The number of hydrogen-bond acceptors (Lipinski definition) is 8. The number of aromatic nitrogens is 2. The van der Waals surface area contributed by atoms with Crippen LogP contribution in [0.25, 0.3) is 10.9 Å². The molecule has 0 bridgehead atoms. The number of nitrogens with two attached hydrogens (primary N) is 2. The van der Waals surface area contributed by atoms with Crippen molar-refractivity contribution < 1.29 is 14.0 Å². The zero-order chi connectivity index (χ0) is 24.6. The van der Waals surface area contributed by atoms with Crippen LogP contribution in [0.3, 0.4) is 0 Å². The van der Waals surface area contributed by atoms with E-state index in [1.165, 1.54) is 11.1 Å². The standard InChI is InChI=1S/C25H28N6O3S/c26-11-3-7-19(27)23(32)30-21(10-9-18-6-4-12-35-18)25-31-22(15-34-25)24(33)29-17-13-16-5-1-2-8-20(16)28-14-17/h1-2,4-6,8,12-15,19,21H,3,7,9-11,26-27H2,(H,29,33)(H,30,32)/t19-,21-/m1/s1. The molecule has 10 heteroatoms. The van der Waals surface area contributed by atoms with Crippen LogP contribution in [0.4, 0.5) is 5.69 Å². The van der Waals surface area contributed by atoms with Crippen LogP contribution in [0.5, 0.6) is 0 Å². The molecule has 4 rings (SSSR count). The number of benzene rings is 1. The van der Waals surface area contributed by atoms with Gasteiger partial charge in [0, 0.05) is 10.3 Å². The smallest absolute Gasteiger partial charge is 0.277 e. The van der Waals surface area contributed by atoms with Crippen molar-refractivity contribution in [3.8, 4) is 0 Å². The Morgan fingerprint density at radius 1 is 1.14 bits per heavy atom. The third-order valence-corrected chi connectivity index (χ3v) is 6.47. The minimum Gasteiger partial charge on any atom is -0.446 e. The van der Waals surface area contributed by atoms with E-state index in [1.54, 1.807) is 17.5 Å². The van der Waals surface area contributed by atoms with Gasteiger partial charge in [0.2, 0.25) is 11.8 Å². The highest BCUT2D eigenvalue weighted by atomic mass is 32.1. The number of carbonyl (C=O) groups excluding carboxylic acids is 2. The molecule has 3 heterocycles. The first kappa shape index (κ1) is 24.5. The summed E-state index contributed by atoms with van der Waals surface area (Å²) in [5, 5.41) is 8.64. The number of nitrogens with one attached hydrogen (secondary N) is 2. The Bertz CT molecular complexity index is 1270. The molecule has 4 aromatic rings. The van der Waals surface area contributed by atoms with E-state index in [1.807, 2.05) is 47.8 Å². The van der Waals surface area contributed by atoms with E-state index in [4.69, 9.17) is 15.9 Å². The quantitative estimate of drug-likeness (QED) is 0.251. The van der Waals surface area contributed by atoms with Crippen molar-refractivity contribution >= 4 is 39.7 Å². The van der Waals surface area contributed by atoms with Crippen LogP contribution in [-0.2, 0) is 11.2 Å². The molecule has 0 saturated heterocycles. The maximum absolute atomic E-state index is 12.8. The SMILES string of the molecule is NCCC[C@@H](N)C(=O)N[C@H](CCc1cccs1)c1nc(C(=O)Nc2cnc3ccccc3c2)co1. The van der Waals surface area contributed by atoms with Gasteiger partial charge in [0.05, 0.1) is 23.4 Å². The number of hydrogen-bond donors (Lipinski definition) is 4. The van der Waals surface area contributed by atoms with E-state index in [0.717, 1.165) is 10.9 Å². The van der Waals surface area contributed by atoms with Crippen LogP contribution in [0.2, 0.25) is 0 Å². The van der Waals surface area contributed by atoms with Gasteiger partial charge in [-0.25, -0.2) is 4.98 Å². The lowest BCUT2D eigenvalue weighted by molar-refractivity contribution is -0.123. The maximum atomic E-state index is 12.8. The van der Waals surface area contributed by atoms with E-state index < -0.39 is 18.0 Å². The van der Waals surface area contributed by atoms with Crippen molar-refractivity contribution in [3.05, 3.63) is 76.8 Å². The fourth-order valence-electron chi connectivity index (χ4n) is 3.63. The van der Waals surface area contributed by atoms with Crippen LogP contribution >= 0.6 is 11.3 Å². The van der Waals surface area contributed by atoms with Gasteiger partial charge in [-0.3, -0.25) is 14.6 Å². The summed E-state index contributed by atoms with van der Waals surface area (Å²) in [5.74, 6) is -0.483. The molecule has 0 unspecified atom stereocenters. The number of aryl methyl sites for hydroxylation is 1. The Balaban J connectivity index is 1.46. The van der Waals surface area contributed by atoms with Gasteiger partial charge < -0.3 is 26.5 Å². The summed E-state index contributed by atoms with van der Waals surface area (Å²) in [6.45, 7) is 0.466. The average Bonchev–Trinajstić information content (AvgIpc) is 3.57. The number of thiophene rings is 1. The number of oxazole rings is 1. The van der Waals surface area contributed by atoms with Crippen molar-refractivity contribution in [1.29, 1.82) is 0 Å². The second-order valence-electron chi connectivity index (χ2n) is 8.16. The molecular formula is C25H28N6O3S. The topological polar surface area (TPSA) is 149 Å². The van der Waals surface area contributed by atoms with Gasteiger partial charge in [0.25, 0.3) is 5.91 Å². The Hall–Kier alpha value is -3.60. The fourth-order valence-corrected chi connectivity index (χ4v) is 4.36. The van der Waals surface area contributed by atoms with E-state index in [-0.39, 0.29) is 17.5 Å². The summed E-state index contributed by atoms with van der Waals surface area (Å²) in [5.41, 5.74) is 13.0. The van der Waals surface area contributed by atoms with Crippen LogP contribution in [0.15, 0.2) is 64.7 Å². The monoisotopic (exact) mass is 492 g/mol. The first-order valence-electron chi connectivity index (χ1n) is 11.4. The normalized spacial score (nSPS) is 12.9. The summed E-state index contributed by atoms with van der Waals surface area (Å²) in [7, 11) is 0. The van der Waals surface area contributed by atoms with E-state index in [2.05, 4.69) is 20.6 Å². The van der Waals surface area contributed by atoms with E-state index in [0.29, 0.717) is 37.9 Å². The number of carbonyl (C=O) groups is 2. The highest BCUT2D eigenvalue weighted by Gasteiger charge is 2.24.